The Labute approximate surface area is 589 Å². The Morgan fingerprint density at radius 3 is 2.24 bits per heavy atom. The van der Waals surface area contributed by atoms with Crippen LogP contribution in [0.2, 0.25) is 0 Å². The van der Waals surface area contributed by atoms with Gasteiger partial charge in [-0.1, -0.05) is 90.1 Å². The number of urea groups is 1. The van der Waals surface area contributed by atoms with Gasteiger partial charge in [0.05, 0.1) is 23.3 Å². The molecular weight excluding hydrogens is 1320 g/mol. The fourth-order valence-electron chi connectivity index (χ4n) is 13.5. The van der Waals surface area contributed by atoms with Crippen molar-refractivity contribution in [2.24, 2.45) is 35.3 Å². The fourth-order valence-corrected chi connectivity index (χ4v) is 13.5. The van der Waals surface area contributed by atoms with E-state index in [1.54, 1.807) is 68.5 Å². The Balaban J connectivity index is 0.988. The summed E-state index contributed by atoms with van der Waals surface area (Å²) in [5, 5.41) is 51.5. The largest absolute Gasteiger partial charge is 0.507 e. The SMILES string of the molecule is CC(=O)O[C@H]1[C@H](C)[C@H](O)[C@H](C)C[C@@H](C)/C=C/C=C(/C)C(=O)Nc2c3oc4cc(N5CCC(NC(=O)[C@H](Cc6ccccc6)NC(=O)[C@H](CCCNC(N)=O)NC(=O)C(NC(=O)CCN6C(=O)C=CC6=O)C(C)C)CC5)cc(O)c4nc-3c3c4c(c(C)c(O)c3c2=O)O[C@](C)(O/C=C/C[C@H]1C)C4=O. The summed E-state index contributed by atoms with van der Waals surface area (Å²) in [6.45, 7) is 16.9. The zero-order valence-corrected chi connectivity index (χ0v) is 58.8. The molecular formula is C74H90N10O18. The molecule has 0 saturated carbocycles. The number of anilines is 2. The molecule has 28 heteroatoms. The summed E-state index contributed by atoms with van der Waals surface area (Å²) in [7, 11) is 0. The molecule has 10 atom stereocenters. The van der Waals surface area contributed by atoms with Crippen LogP contribution in [0.3, 0.4) is 0 Å². The van der Waals surface area contributed by atoms with Crippen LogP contribution in [-0.2, 0) is 54.3 Å². The molecule has 28 nitrogen and oxygen atoms in total. The monoisotopic (exact) mass is 1410 g/mol. The summed E-state index contributed by atoms with van der Waals surface area (Å²) < 4.78 is 24.8. The molecule has 0 radical (unpaired) electrons. The molecule has 544 valence electrons. The number of phenolic OH excluding ortho intramolecular Hbond substituents is 2. The van der Waals surface area contributed by atoms with Gasteiger partial charge in [0.2, 0.25) is 29.1 Å². The van der Waals surface area contributed by atoms with Crippen molar-refractivity contribution in [3.8, 4) is 28.7 Å². The number of carbonyl (C=O) groups is 10. The van der Waals surface area contributed by atoms with Crippen LogP contribution in [0, 0.1) is 36.5 Å². The number of Topliss-reactive ketones (excluding diaryl/α,β-unsaturated/α-hetero) is 1. The van der Waals surface area contributed by atoms with Crippen molar-refractivity contribution >= 4 is 92.4 Å². The van der Waals surface area contributed by atoms with Crippen LogP contribution in [0.25, 0.3) is 33.3 Å². The summed E-state index contributed by atoms with van der Waals surface area (Å²) in [6, 6.07) is 7.03. The number of imide groups is 1. The molecule has 10 rings (SSSR count). The number of benzene rings is 4. The van der Waals surface area contributed by atoms with E-state index >= 15 is 4.79 Å². The van der Waals surface area contributed by atoms with Crippen molar-refractivity contribution in [2.45, 2.75) is 163 Å². The van der Waals surface area contributed by atoms with Crippen LogP contribution in [0.1, 0.15) is 129 Å². The molecule has 102 heavy (non-hydrogen) atoms. The number of hydrogen-bond acceptors (Lipinski definition) is 20. The van der Waals surface area contributed by atoms with E-state index in [2.05, 4.69) is 31.9 Å². The quantitative estimate of drug-likeness (QED) is 0.0143. The first-order valence-corrected chi connectivity index (χ1v) is 34.3. The lowest BCUT2D eigenvalue weighted by molar-refractivity contribution is -0.156. The third-order valence-electron chi connectivity index (χ3n) is 19.2. The number of aromatic nitrogens is 1. The number of amides is 9. The van der Waals surface area contributed by atoms with E-state index in [-0.39, 0.29) is 113 Å². The molecule has 5 bridgehead atoms. The van der Waals surface area contributed by atoms with Crippen LogP contribution in [0.4, 0.5) is 16.2 Å². The highest BCUT2D eigenvalue weighted by molar-refractivity contribution is 6.22. The molecule has 1 unspecified atom stereocenters. The Bertz CT molecular complexity index is 4230. The van der Waals surface area contributed by atoms with E-state index in [1.807, 2.05) is 38.7 Å². The summed E-state index contributed by atoms with van der Waals surface area (Å²) in [5.41, 5.74) is 4.59. The Morgan fingerprint density at radius 1 is 0.882 bits per heavy atom. The van der Waals surface area contributed by atoms with Gasteiger partial charge in [0.25, 0.3) is 23.5 Å². The molecule has 0 aromatic heterocycles. The highest BCUT2D eigenvalue weighted by atomic mass is 16.7. The normalized spacial score (nSPS) is 23.4. The predicted octanol–water partition coefficient (Wildman–Crippen LogP) is 6.26. The molecule has 3 aromatic rings. The van der Waals surface area contributed by atoms with Gasteiger partial charge in [-0.05, 0) is 87.7 Å². The lowest BCUT2D eigenvalue weighted by Gasteiger charge is -2.35. The Kier molecular flexibility index (Phi) is 24.0. The highest BCUT2D eigenvalue weighted by Crippen LogP contribution is 2.51. The molecule has 7 aliphatic rings. The lowest BCUT2D eigenvalue weighted by atomic mass is 9.80. The number of carbonyl (C=O) groups excluding carboxylic acids is 10. The summed E-state index contributed by atoms with van der Waals surface area (Å²) in [5.74, 6) is -11.1. The molecule has 6 heterocycles. The third kappa shape index (κ3) is 17.2. The smallest absolute Gasteiger partial charge is 0.312 e. The van der Waals surface area contributed by atoms with Gasteiger partial charge in [-0.2, -0.15) is 0 Å². The zero-order chi connectivity index (χ0) is 74.2. The number of allylic oxidation sites excluding steroid dienone is 4. The van der Waals surface area contributed by atoms with Crippen molar-refractivity contribution in [2.75, 3.05) is 36.4 Å². The van der Waals surface area contributed by atoms with Crippen LogP contribution in [0.15, 0.2) is 100.0 Å². The van der Waals surface area contributed by atoms with Crippen molar-refractivity contribution in [3.63, 3.8) is 0 Å². The second-order valence-corrected chi connectivity index (χ2v) is 27.4. The Morgan fingerprint density at radius 2 is 1.57 bits per heavy atom. The number of fused-ring (bicyclic) bond motifs is 14. The van der Waals surface area contributed by atoms with Gasteiger partial charge in [-0.3, -0.25) is 52.8 Å². The predicted molar refractivity (Wildman–Crippen MR) is 376 cm³/mol. The second-order valence-electron chi connectivity index (χ2n) is 27.4. The van der Waals surface area contributed by atoms with E-state index in [0.29, 0.717) is 43.6 Å². The number of phenols is 2. The first-order chi connectivity index (χ1) is 48.3. The van der Waals surface area contributed by atoms with Gasteiger partial charge in [0, 0.05) is 111 Å². The number of piperidine rings is 1. The molecule has 1 saturated heterocycles. The molecule has 6 aliphatic heterocycles. The van der Waals surface area contributed by atoms with Gasteiger partial charge < -0.3 is 76.5 Å². The minimum atomic E-state index is -2.09. The number of esters is 1. The molecule has 9 amide bonds. The van der Waals surface area contributed by atoms with Crippen molar-refractivity contribution in [1.29, 1.82) is 0 Å². The van der Waals surface area contributed by atoms with Crippen LogP contribution in [0.5, 0.6) is 17.2 Å². The van der Waals surface area contributed by atoms with Gasteiger partial charge in [0.1, 0.15) is 58.4 Å². The molecule has 0 spiro atoms. The number of nitrogens with one attached hydrogen (secondary N) is 6. The maximum Gasteiger partial charge on any atom is 0.312 e. The van der Waals surface area contributed by atoms with E-state index < -0.39 is 141 Å². The van der Waals surface area contributed by atoms with Crippen molar-refractivity contribution in [1.82, 2.24) is 36.5 Å². The van der Waals surface area contributed by atoms with Gasteiger partial charge >= 0.3 is 17.8 Å². The summed E-state index contributed by atoms with van der Waals surface area (Å²) in [4.78, 5) is 157. The van der Waals surface area contributed by atoms with Crippen LogP contribution in [-0.4, -0.2) is 153 Å². The maximum absolute atomic E-state index is 15.2. The number of primary amides is 1. The van der Waals surface area contributed by atoms with Gasteiger partial charge in [-0.25, -0.2) is 9.78 Å². The van der Waals surface area contributed by atoms with Gasteiger partial charge in [0.15, 0.2) is 11.3 Å². The minimum Gasteiger partial charge on any atom is -0.507 e. The van der Waals surface area contributed by atoms with Gasteiger partial charge in [-0.15, -0.1) is 0 Å². The number of aliphatic hydroxyl groups excluding tert-OH is 1. The van der Waals surface area contributed by atoms with E-state index in [9.17, 15) is 63.3 Å². The Hall–Kier alpha value is -10.6. The summed E-state index contributed by atoms with van der Waals surface area (Å²) >= 11 is 0. The number of nitrogens with two attached hydrogens (primary N) is 1. The van der Waals surface area contributed by atoms with Crippen LogP contribution < -0.4 is 52.7 Å². The molecule has 1 fully saturated rings. The van der Waals surface area contributed by atoms with Crippen LogP contribution >= 0.6 is 0 Å². The maximum atomic E-state index is 15.2. The first kappa shape index (κ1) is 75.6. The van der Waals surface area contributed by atoms with E-state index in [0.717, 1.165) is 17.1 Å². The number of nitrogens with zero attached hydrogens (tertiary/aromatic N) is 3. The number of rotatable bonds is 19. The van der Waals surface area contributed by atoms with Crippen molar-refractivity contribution < 1.29 is 81.9 Å². The van der Waals surface area contributed by atoms with E-state index in [1.165, 1.54) is 40.0 Å². The third-order valence-corrected chi connectivity index (χ3v) is 19.2. The lowest BCUT2D eigenvalue weighted by Crippen LogP contribution is -2.59. The fraction of sp³-hybridized carbons (Fsp3) is 0.459. The van der Waals surface area contributed by atoms with E-state index in [4.69, 9.17) is 29.3 Å². The number of aliphatic hydroxyl groups is 1. The molecule has 11 N–H and O–H groups in total. The van der Waals surface area contributed by atoms with Crippen molar-refractivity contribution in [3.05, 3.63) is 118 Å². The number of ketones is 1. The minimum absolute atomic E-state index is 0.00709. The number of ether oxygens (including phenoxy) is 3. The standard InChI is InChI=1S/C74H90N10O18/c1-37(2)58(80-52(87)27-31-84-53(88)23-24-54(84)89)72(97)78-48(22-15-28-76-73(75)98)70(95)79-49(34-45-20-12-11-13-21-45)71(96)77-46-25-29-83(30-26-46)47-35-50(86)59-51(36-47)101-67-60(81-59)55-56-63(91)43(8)66-57(55)68(93)74(10,102-66)99-32-16-19-39(4)65(100-44(9)85)42(7)62(90)41(6)33-38(3)17-14-18-40(5)69(94)82-61(67)64(56)92/h11-14,16-18,20-21,23-24,32,35-39,41-42,46,48-49,58,62,65,86,90-91H,15,19,22,25-31,33-34H2,1-10H3,(H,77,96)(H,78,97)(H,79,95)(H,80,87)(H,82,94)(H3,75,76,98)/b17-14+,32-16+,40-18-/t38-,39+,41+,42+,48-,49-,58?,62+,65+,74-/m0/s1. The molecule has 3 aromatic carbocycles. The average Bonchev–Trinajstić information content (AvgIpc) is 1.40. The zero-order valence-electron chi connectivity index (χ0n) is 58.8. The first-order valence-electron chi connectivity index (χ1n) is 34.3. The number of hydrogen-bond donors (Lipinski definition) is 10. The molecule has 1 aliphatic carbocycles. The second kappa shape index (κ2) is 32.3. The topological polar surface area (TPSA) is 407 Å². The summed E-state index contributed by atoms with van der Waals surface area (Å²) in [6.07, 6.45) is 9.92. The number of aromatic hydroxyl groups is 2. The highest BCUT2D eigenvalue weighted by Gasteiger charge is 2.50. The average molecular weight is 1410 g/mol.